The molecule has 4 N–H and O–H groups in total. The number of ketones is 1. The monoisotopic (exact) mass is 584 g/mol. The Labute approximate surface area is 235 Å². The van der Waals surface area contributed by atoms with Crippen LogP contribution in [0.2, 0.25) is 0 Å². The number of carbonyl (C=O) groups excluding carboxylic acids is 2. The Kier molecular flexibility index (Phi) is 6.26. The van der Waals surface area contributed by atoms with Gasteiger partial charge in [-0.3, -0.25) is 18.1 Å². The summed E-state index contributed by atoms with van der Waals surface area (Å²) >= 11 is 0. The molecule has 0 radical (unpaired) electrons. The van der Waals surface area contributed by atoms with E-state index in [0.29, 0.717) is 36.5 Å². The Bertz CT molecular complexity index is 1230. The largest absolute Gasteiger partial charge is 0.458 e. The Hall–Kier alpha value is -1.21. The Morgan fingerprint density at radius 1 is 1.12 bits per heavy atom. The van der Waals surface area contributed by atoms with Crippen molar-refractivity contribution in [2.45, 2.75) is 103 Å². The van der Waals surface area contributed by atoms with Crippen molar-refractivity contribution in [3.05, 3.63) is 11.1 Å². The van der Waals surface area contributed by atoms with E-state index >= 15 is 0 Å². The number of hydrogen-bond donors (Lipinski definition) is 4. The van der Waals surface area contributed by atoms with Gasteiger partial charge in [0.05, 0.1) is 30.0 Å². The molecule has 11 heteroatoms. The van der Waals surface area contributed by atoms with Crippen molar-refractivity contribution in [3.63, 3.8) is 0 Å². The first-order valence-electron chi connectivity index (χ1n) is 14.7. The van der Waals surface area contributed by atoms with Crippen molar-refractivity contribution < 1.29 is 46.8 Å². The van der Waals surface area contributed by atoms with Gasteiger partial charge in [-0.05, 0) is 81.0 Å². The molecule has 4 aliphatic carbocycles. The fraction of sp³-hybridized carbons (Fsp3) is 0.862. The van der Waals surface area contributed by atoms with Crippen LogP contribution in [0, 0.1) is 40.4 Å². The molecule has 2 aliphatic heterocycles. The highest BCUT2D eigenvalue weighted by Crippen LogP contribution is 2.74. The number of hydrogen-bond acceptors (Lipinski definition) is 8. The molecule has 0 bridgehead atoms. The molecular weight excluding hydrogens is 540 g/mol. The van der Waals surface area contributed by atoms with Gasteiger partial charge in [0.25, 0.3) is 0 Å². The average molecular weight is 585 g/mol. The maximum atomic E-state index is 13.9. The van der Waals surface area contributed by atoms with Crippen LogP contribution in [-0.2, 0) is 33.2 Å². The fourth-order valence-corrected chi connectivity index (χ4v) is 11.1. The van der Waals surface area contributed by atoms with Crippen LogP contribution in [-0.4, -0.2) is 78.2 Å². The van der Waals surface area contributed by atoms with E-state index in [1.807, 2.05) is 13.8 Å². The molecule has 6 aliphatic rings. The molecule has 0 aromatic carbocycles. The van der Waals surface area contributed by atoms with Gasteiger partial charge in [-0.15, -0.1) is 0 Å². The highest BCUT2D eigenvalue weighted by atomic mass is 32.3. The second-order valence-corrected chi connectivity index (χ2v) is 16.7. The molecule has 6 rings (SSSR count). The smallest absolute Gasteiger partial charge is 0.336 e. The summed E-state index contributed by atoms with van der Waals surface area (Å²) in [6, 6.07) is 0. The first-order chi connectivity index (χ1) is 18.4. The predicted octanol–water partition coefficient (Wildman–Crippen LogP) is 2.88. The summed E-state index contributed by atoms with van der Waals surface area (Å²) in [5.74, 6) is 0.495. The Morgan fingerprint density at radius 2 is 1.82 bits per heavy atom. The summed E-state index contributed by atoms with van der Waals surface area (Å²) < 4.78 is 48.9. The normalized spacial score (nSPS) is 50.1. The van der Waals surface area contributed by atoms with E-state index in [1.54, 1.807) is 0 Å². The minimum absolute atomic E-state index is 0.00307. The third-order valence-corrected chi connectivity index (χ3v) is 13.0. The fourth-order valence-electron chi connectivity index (χ4n) is 10.4. The first-order valence-corrected chi connectivity index (χ1v) is 16.9. The quantitative estimate of drug-likeness (QED) is 0.279. The van der Waals surface area contributed by atoms with E-state index in [1.165, 1.54) is 0 Å². The van der Waals surface area contributed by atoms with E-state index < -0.39 is 39.1 Å². The molecule has 0 aromatic rings. The van der Waals surface area contributed by atoms with Crippen molar-refractivity contribution >= 4 is 21.7 Å². The number of Topliss-reactive ketones (excluding diaryl/α,β-unsaturated/α-hetero) is 1. The molecule has 0 amide bonds. The number of ether oxygens (including phenoxy) is 2. The first kappa shape index (κ1) is 28.9. The van der Waals surface area contributed by atoms with Crippen LogP contribution in [0.3, 0.4) is 0 Å². The molecule has 40 heavy (non-hydrogen) atoms. The van der Waals surface area contributed by atoms with Crippen LogP contribution >= 0.6 is 0 Å². The lowest BCUT2D eigenvalue weighted by molar-refractivity contribution is -0.179. The number of aliphatic hydroxyl groups excluding tert-OH is 2. The van der Waals surface area contributed by atoms with Gasteiger partial charge in [-0.25, -0.2) is 9.00 Å². The molecule has 12 atom stereocenters. The molecule has 1 spiro atoms. The van der Waals surface area contributed by atoms with Gasteiger partial charge in [0.2, 0.25) is 0 Å². The highest BCUT2D eigenvalue weighted by molar-refractivity contribution is 8.05. The van der Waals surface area contributed by atoms with Crippen molar-refractivity contribution in [2.24, 2.45) is 40.4 Å². The summed E-state index contributed by atoms with van der Waals surface area (Å²) in [4.78, 5) is 26.4. The molecule has 6 unspecified atom stereocenters. The number of aliphatic hydroxyl groups is 2. The molecule has 5 fully saturated rings. The lowest BCUT2D eigenvalue weighted by Gasteiger charge is -2.59. The molecule has 4 saturated carbocycles. The van der Waals surface area contributed by atoms with Crippen LogP contribution in [0.25, 0.3) is 0 Å². The number of cyclic esters (lactones) is 1. The average Bonchev–Trinajstić information content (AvgIpc) is 3.47. The molecule has 1 saturated heterocycles. The number of esters is 1. The number of fused-ring (bicyclic) bond motifs is 4. The van der Waals surface area contributed by atoms with Gasteiger partial charge < -0.3 is 19.7 Å². The Morgan fingerprint density at radius 3 is 2.45 bits per heavy atom. The van der Waals surface area contributed by atoms with Crippen LogP contribution in [0.4, 0.5) is 0 Å². The minimum atomic E-state index is -5.40. The van der Waals surface area contributed by atoms with Gasteiger partial charge in [-0.2, -0.15) is 0 Å². The second-order valence-electron chi connectivity index (χ2n) is 14.2. The van der Waals surface area contributed by atoms with E-state index in [4.69, 9.17) is 13.7 Å². The van der Waals surface area contributed by atoms with Crippen molar-refractivity contribution in [2.75, 3.05) is 12.9 Å². The van der Waals surface area contributed by atoms with Crippen LogP contribution < -0.4 is 0 Å². The number of rotatable bonds is 5. The van der Waals surface area contributed by atoms with Gasteiger partial charge in [0.15, 0.2) is 9.91 Å². The SMILES string of the molecule is CC1=C(CO)C(=O)OC([C@@H](C)C2CCC3C4C[C@H]5OC56[C@@H](O)[C@@H](OS(C)(=O)(O)O)CC(=O)[C@]6(C)C4CC[C@@]32C)C1. The van der Waals surface area contributed by atoms with Gasteiger partial charge in [0, 0.05) is 12.8 Å². The highest BCUT2D eigenvalue weighted by Gasteiger charge is 2.82. The van der Waals surface area contributed by atoms with Crippen LogP contribution in [0.5, 0.6) is 0 Å². The molecule has 2 heterocycles. The van der Waals surface area contributed by atoms with E-state index in [2.05, 4.69) is 13.8 Å². The van der Waals surface area contributed by atoms with Gasteiger partial charge >= 0.3 is 5.97 Å². The zero-order valence-corrected chi connectivity index (χ0v) is 24.8. The van der Waals surface area contributed by atoms with E-state index in [-0.39, 0.29) is 54.2 Å². The zero-order valence-electron chi connectivity index (χ0n) is 24.0. The molecule has 10 nitrogen and oxygen atoms in total. The topological polar surface area (TPSA) is 163 Å². The lowest BCUT2D eigenvalue weighted by Crippen LogP contribution is -2.68. The van der Waals surface area contributed by atoms with Gasteiger partial charge in [0.1, 0.15) is 29.7 Å². The number of carbonyl (C=O) groups is 2. The number of epoxide rings is 1. The molecule has 0 aromatic heterocycles. The lowest BCUT2D eigenvalue weighted by atomic mass is 9.43. The predicted molar refractivity (Wildman–Crippen MR) is 144 cm³/mol. The van der Waals surface area contributed by atoms with E-state index in [0.717, 1.165) is 31.3 Å². The van der Waals surface area contributed by atoms with Crippen molar-refractivity contribution in [1.82, 2.24) is 0 Å². The van der Waals surface area contributed by atoms with Crippen molar-refractivity contribution in [3.8, 4) is 0 Å². The van der Waals surface area contributed by atoms with Crippen molar-refractivity contribution in [1.29, 1.82) is 0 Å². The van der Waals surface area contributed by atoms with Crippen LogP contribution in [0.15, 0.2) is 11.1 Å². The summed E-state index contributed by atoms with van der Waals surface area (Å²) in [7, 11) is -5.40. The maximum Gasteiger partial charge on any atom is 0.336 e. The molecule has 226 valence electrons. The summed E-state index contributed by atoms with van der Waals surface area (Å²) in [5.41, 5.74) is -0.871. The Balaban J connectivity index is 1.25. The second kappa shape index (κ2) is 8.67. The third-order valence-electron chi connectivity index (χ3n) is 12.3. The minimum Gasteiger partial charge on any atom is -0.458 e. The van der Waals surface area contributed by atoms with Gasteiger partial charge in [-0.1, -0.05) is 19.4 Å². The summed E-state index contributed by atoms with van der Waals surface area (Å²) in [5, 5.41) is 20.9. The standard InChI is InChI=1S/C29H44O10S/c1-14-10-21(37-26(33)17(14)13-30)15(2)18-6-7-19-16-11-24-29(38-24)25(32)22(39-40(5,34,35)36)12-23(31)28(29,4)20(16)8-9-27(18,19)3/h15-16,18-22,24-25,30,32H,6-13H2,1-5H3,(H2,34,35,36)/t15-,16?,18?,19?,20?,21?,22-,24+,25-,27+,28-,29?/m0/s1. The third kappa shape index (κ3) is 3.91. The van der Waals surface area contributed by atoms with Crippen LogP contribution in [0.1, 0.15) is 72.6 Å². The summed E-state index contributed by atoms with van der Waals surface area (Å²) in [6.07, 6.45) is 2.21. The molecular formula is C29H44O10S. The maximum absolute atomic E-state index is 13.9. The zero-order chi connectivity index (χ0) is 29.2. The summed E-state index contributed by atoms with van der Waals surface area (Å²) in [6.45, 7) is 8.03. The van der Waals surface area contributed by atoms with E-state index in [9.17, 15) is 33.1 Å².